The number of aryl methyl sites for hydroxylation is 1. The number of anilines is 1. The number of amides is 1. The van der Waals surface area contributed by atoms with Crippen LogP contribution in [0.3, 0.4) is 0 Å². The number of ether oxygens (including phenoxy) is 1. The molecule has 1 rings (SSSR count). The van der Waals surface area contributed by atoms with Crippen LogP contribution in [0.2, 0.25) is 0 Å². The molecule has 1 aromatic rings. The van der Waals surface area contributed by atoms with Crippen molar-refractivity contribution < 1.29 is 14.3 Å². The Labute approximate surface area is 126 Å². The molecule has 116 valence electrons. The van der Waals surface area contributed by atoms with Crippen molar-refractivity contribution in [2.75, 3.05) is 31.1 Å². The molecule has 1 aromatic carbocycles. The van der Waals surface area contributed by atoms with Crippen LogP contribution < -0.4 is 10.2 Å². The first-order chi connectivity index (χ1) is 10.1. The zero-order valence-corrected chi connectivity index (χ0v) is 13.0. The number of esters is 1. The molecule has 5 heteroatoms. The van der Waals surface area contributed by atoms with Gasteiger partial charge in [0.15, 0.2) is 0 Å². The standard InChI is InChI=1S/C16H24N2O3/c1-4-18(14-9-7-6-8-13(14)3)15(19)12-17-11-10-16(20)21-5-2/h6-9,17H,4-5,10-12H2,1-3H3. The Morgan fingerprint density at radius 2 is 1.95 bits per heavy atom. The molecule has 0 saturated carbocycles. The van der Waals surface area contributed by atoms with Crippen LogP contribution in [0.15, 0.2) is 24.3 Å². The Bertz CT molecular complexity index is 474. The number of likely N-dealkylation sites (N-methyl/N-ethyl adjacent to an activating group) is 1. The summed E-state index contributed by atoms with van der Waals surface area (Å²) >= 11 is 0. The number of nitrogens with one attached hydrogen (secondary N) is 1. The summed E-state index contributed by atoms with van der Waals surface area (Å²) in [5.41, 5.74) is 2.00. The molecule has 0 atom stereocenters. The molecule has 0 aromatic heterocycles. The molecule has 1 N–H and O–H groups in total. The van der Waals surface area contributed by atoms with Crippen molar-refractivity contribution in [3.05, 3.63) is 29.8 Å². The second kappa shape index (κ2) is 9.13. The van der Waals surface area contributed by atoms with E-state index >= 15 is 0 Å². The van der Waals surface area contributed by atoms with Gasteiger partial charge in [-0.05, 0) is 32.4 Å². The summed E-state index contributed by atoms with van der Waals surface area (Å²) in [6.07, 6.45) is 0.275. The minimum absolute atomic E-state index is 0.00402. The van der Waals surface area contributed by atoms with E-state index in [4.69, 9.17) is 4.74 Å². The summed E-state index contributed by atoms with van der Waals surface area (Å²) in [4.78, 5) is 25.2. The van der Waals surface area contributed by atoms with Crippen LogP contribution in [0.5, 0.6) is 0 Å². The largest absolute Gasteiger partial charge is 0.466 e. The van der Waals surface area contributed by atoms with E-state index in [2.05, 4.69) is 5.32 Å². The molecule has 21 heavy (non-hydrogen) atoms. The van der Waals surface area contributed by atoms with E-state index in [1.54, 1.807) is 11.8 Å². The summed E-state index contributed by atoms with van der Waals surface area (Å²) < 4.78 is 4.83. The van der Waals surface area contributed by atoms with E-state index in [1.807, 2.05) is 38.1 Å². The van der Waals surface area contributed by atoms with E-state index < -0.39 is 0 Å². The van der Waals surface area contributed by atoms with E-state index in [0.29, 0.717) is 19.7 Å². The first-order valence-corrected chi connectivity index (χ1v) is 7.32. The van der Waals surface area contributed by atoms with Crippen molar-refractivity contribution in [3.8, 4) is 0 Å². The number of hydrogen-bond acceptors (Lipinski definition) is 4. The highest BCUT2D eigenvalue weighted by atomic mass is 16.5. The topological polar surface area (TPSA) is 58.6 Å². The van der Waals surface area contributed by atoms with Gasteiger partial charge in [0, 0.05) is 18.8 Å². The predicted octanol–water partition coefficient (Wildman–Crippen LogP) is 1.89. The van der Waals surface area contributed by atoms with Gasteiger partial charge in [0.2, 0.25) is 5.91 Å². The Balaban J connectivity index is 2.46. The highest BCUT2D eigenvalue weighted by Crippen LogP contribution is 2.18. The van der Waals surface area contributed by atoms with Crippen LogP contribution >= 0.6 is 0 Å². The lowest BCUT2D eigenvalue weighted by molar-refractivity contribution is -0.143. The van der Waals surface area contributed by atoms with Gasteiger partial charge in [0.05, 0.1) is 19.6 Å². The van der Waals surface area contributed by atoms with Crippen LogP contribution in [-0.4, -0.2) is 38.1 Å². The minimum atomic E-state index is -0.247. The van der Waals surface area contributed by atoms with Gasteiger partial charge in [-0.15, -0.1) is 0 Å². The Morgan fingerprint density at radius 3 is 2.57 bits per heavy atom. The van der Waals surface area contributed by atoms with Crippen molar-refractivity contribution in [3.63, 3.8) is 0 Å². The summed E-state index contributed by atoms with van der Waals surface area (Å²) in [5, 5.41) is 2.99. The van der Waals surface area contributed by atoms with Crippen molar-refractivity contribution in [2.45, 2.75) is 27.2 Å². The molecule has 0 fully saturated rings. The molecule has 0 spiro atoms. The van der Waals surface area contributed by atoms with E-state index in [1.165, 1.54) is 0 Å². The van der Waals surface area contributed by atoms with Crippen LogP contribution in [0.4, 0.5) is 5.69 Å². The highest BCUT2D eigenvalue weighted by Gasteiger charge is 2.15. The van der Waals surface area contributed by atoms with Crippen LogP contribution in [0, 0.1) is 6.92 Å². The molecule has 0 bridgehead atoms. The number of benzene rings is 1. The molecule has 0 aliphatic rings. The van der Waals surface area contributed by atoms with E-state index in [0.717, 1.165) is 11.3 Å². The first kappa shape index (κ1) is 17.2. The summed E-state index contributed by atoms with van der Waals surface area (Å²) in [5.74, 6) is -0.251. The summed E-state index contributed by atoms with van der Waals surface area (Å²) in [6, 6.07) is 7.80. The van der Waals surface area contributed by atoms with Gasteiger partial charge in [-0.3, -0.25) is 9.59 Å². The molecule has 0 aliphatic heterocycles. The number of para-hydroxylation sites is 1. The number of hydrogen-bond donors (Lipinski definition) is 1. The maximum atomic E-state index is 12.2. The molecule has 0 saturated heterocycles. The normalized spacial score (nSPS) is 10.2. The third-order valence-electron chi connectivity index (χ3n) is 3.11. The maximum absolute atomic E-state index is 12.2. The molecule has 0 aliphatic carbocycles. The molecule has 1 amide bonds. The zero-order chi connectivity index (χ0) is 15.7. The molecule has 5 nitrogen and oxygen atoms in total. The second-order valence-electron chi connectivity index (χ2n) is 4.66. The average Bonchev–Trinajstić information content (AvgIpc) is 2.46. The molecular formula is C16H24N2O3. The molecule has 0 heterocycles. The summed E-state index contributed by atoms with van der Waals surface area (Å²) in [7, 11) is 0. The van der Waals surface area contributed by atoms with Crippen molar-refractivity contribution in [2.24, 2.45) is 0 Å². The van der Waals surface area contributed by atoms with Gasteiger partial charge in [0.1, 0.15) is 0 Å². The lowest BCUT2D eigenvalue weighted by atomic mass is 10.2. The van der Waals surface area contributed by atoms with Gasteiger partial charge >= 0.3 is 5.97 Å². The maximum Gasteiger partial charge on any atom is 0.307 e. The third kappa shape index (κ3) is 5.55. The smallest absolute Gasteiger partial charge is 0.307 e. The molecular weight excluding hydrogens is 268 g/mol. The van der Waals surface area contributed by atoms with Gasteiger partial charge in [-0.1, -0.05) is 18.2 Å². The molecule has 0 radical (unpaired) electrons. The number of nitrogens with zero attached hydrogens (tertiary/aromatic N) is 1. The quantitative estimate of drug-likeness (QED) is 0.587. The number of carbonyl (C=O) groups is 2. The van der Waals surface area contributed by atoms with Gasteiger partial charge in [-0.2, -0.15) is 0 Å². The lowest BCUT2D eigenvalue weighted by Crippen LogP contribution is -2.39. The fourth-order valence-electron chi connectivity index (χ4n) is 2.06. The molecule has 0 unspecified atom stereocenters. The first-order valence-electron chi connectivity index (χ1n) is 7.32. The van der Waals surface area contributed by atoms with E-state index in [9.17, 15) is 9.59 Å². The minimum Gasteiger partial charge on any atom is -0.466 e. The van der Waals surface area contributed by atoms with Crippen LogP contribution in [0.1, 0.15) is 25.8 Å². The SMILES string of the molecule is CCOC(=O)CCNCC(=O)N(CC)c1ccccc1C. The highest BCUT2D eigenvalue weighted by molar-refractivity contribution is 5.95. The monoisotopic (exact) mass is 292 g/mol. The van der Waals surface area contributed by atoms with Crippen LogP contribution in [-0.2, 0) is 14.3 Å². The predicted molar refractivity (Wildman–Crippen MR) is 83.3 cm³/mol. The summed E-state index contributed by atoms with van der Waals surface area (Å²) in [6.45, 7) is 7.36. The van der Waals surface area contributed by atoms with Gasteiger partial charge in [-0.25, -0.2) is 0 Å². The van der Waals surface area contributed by atoms with Crippen molar-refractivity contribution in [1.29, 1.82) is 0 Å². The average molecular weight is 292 g/mol. The Hall–Kier alpha value is -1.88. The van der Waals surface area contributed by atoms with Crippen molar-refractivity contribution in [1.82, 2.24) is 5.32 Å². The van der Waals surface area contributed by atoms with Gasteiger partial charge < -0.3 is 15.0 Å². The van der Waals surface area contributed by atoms with Gasteiger partial charge in [0.25, 0.3) is 0 Å². The zero-order valence-electron chi connectivity index (χ0n) is 13.0. The fraction of sp³-hybridized carbons (Fsp3) is 0.500. The Morgan fingerprint density at radius 1 is 1.24 bits per heavy atom. The third-order valence-corrected chi connectivity index (χ3v) is 3.11. The second-order valence-corrected chi connectivity index (χ2v) is 4.66. The van der Waals surface area contributed by atoms with Crippen LogP contribution in [0.25, 0.3) is 0 Å². The number of carbonyl (C=O) groups excluding carboxylic acids is 2. The Kier molecular flexibility index (Phi) is 7.46. The fourth-order valence-corrected chi connectivity index (χ4v) is 2.06. The lowest BCUT2D eigenvalue weighted by Gasteiger charge is -2.23. The number of rotatable bonds is 8. The van der Waals surface area contributed by atoms with Crippen molar-refractivity contribution >= 4 is 17.6 Å². The van der Waals surface area contributed by atoms with E-state index in [-0.39, 0.29) is 24.8 Å².